The van der Waals surface area contributed by atoms with E-state index in [0.717, 1.165) is 22.7 Å². The zero-order valence-electron chi connectivity index (χ0n) is 32.8. The zero-order chi connectivity index (χ0) is 44.9. The van der Waals surface area contributed by atoms with Crippen molar-refractivity contribution in [2.75, 3.05) is 31.7 Å². The number of anilines is 2. The smallest absolute Gasteiger partial charge is 0.455 e. The number of imidazole rings is 1. The molecular weight excluding hydrogens is 864 g/mol. The Morgan fingerprint density at radius 1 is 0.968 bits per heavy atom. The number of fused-ring (bicyclic) bond motifs is 1. The van der Waals surface area contributed by atoms with Gasteiger partial charge in [0.05, 0.1) is 19.5 Å². The van der Waals surface area contributed by atoms with Crippen LogP contribution in [0.3, 0.4) is 0 Å². The lowest BCUT2D eigenvalue weighted by molar-refractivity contribution is -0.165. The van der Waals surface area contributed by atoms with Gasteiger partial charge >= 0.3 is 27.3 Å². The average Bonchev–Trinajstić information content (AvgIpc) is 3.88. The largest absolute Gasteiger partial charge is 0.472 e. The third-order valence-corrected chi connectivity index (χ3v) is 11.4. The van der Waals surface area contributed by atoms with Gasteiger partial charge in [0, 0.05) is 19.7 Å². The van der Waals surface area contributed by atoms with Gasteiger partial charge in [-0.1, -0.05) is 36.4 Å². The van der Waals surface area contributed by atoms with E-state index in [-0.39, 0.29) is 35.6 Å². The van der Waals surface area contributed by atoms with Crippen molar-refractivity contribution >= 4 is 50.3 Å². The number of nitrogens with zero attached hydrogens (tertiary/aromatic N) is 7. The molecule has 10 atom stereocenters. The monoisotopic (exact) mass is 909 g/mol. The van der Waals surface area contributed by atoms with E-state index in [0.29, 0.717) is 12.8 Å². The number of carbonyl (C=O) groups excluding carboxylic acids is 2. The Balaban J connectivity index is 1.26. The number of aryl methyl sites for hydroxylation is 1. The van der Waals surface area contributed by atoms with Crippen LogP contribution >= 0.6 is 15.6 Å². The molecule has 2 aliphatic heterocycles. The topological polar surface area (TPSA) is 359 Å². The fraction of sp³-hybridized carbons (Fsp3) is 0.457. The first-order chi connectivity index (χ1) is 29.4. The van der Waals surface area contributed by atoms with Crippen molar-refractivity contribution in [3.63, 3.8) is 0 Å². The number of hydrogen-bond donors (Lipinski definition) is 7. The molecule has 2 fully saturated rings. The van der Waals surface area contributed by atoms with Gasteiger partial charge in [0.15, 0.2) is 30.0 Å². The van der Waals surface area contributed by atoms with Crippen LogP contribution in [0.5, 0.6) is 0 Å². The number of phosphoric acid groups is 2. The maximum atomic E-state index is 14.1. The molecular formula is C35H45N9O16P2. The number of hydrogen-bond acceptors (Lipinski definition) is 19. The third-order valence-electron chi connectivity index (χ3n) is 9.97. The maximum absolute atomic E-state index is 14.1. The van der Waals surface area contributed by atoms with Crippen LogP contribution in [0.25, 0.3) is 11.2 Å². The Bertz CT molecular complexity index is 2380. The summed E-state index contributed by atoms with van der Waals surface area (Å²) in [4.78, 5) is 86.5. The summed E-state index contributed by atoms with van der Waals surface area (Å²) in [6.07, 6.45) is -7.97. The molecule has 0 saturated carbocycles. The van der Waals surface area contributed by atoms with E-state index in [1.54, 1.807) is 6.08 Å². The Labute approximate surface area is 351 Å². The quantitative estimate of drug-likeness (QED) is 0.0361. The number of aliphatic hydroxyl groups is 2. The summed E-state index contributed by atoms with van der Waals surface area (Å²) in [7, 11) is -9.15. The lowest BCUT2D eigenvalue weighted by Crippen LogP contribution is -2.47. The van der Waals surface area contributed by atoms with Crippen LogP contribution in [0, 0.1) is 0 Å². The number of amides is 1. The molecule has 5 heterocycles. The molecule has 336 valence electrons. The highest BCUT2D eigenvalue weighted by molar-refractivity contribution is 7.47. The van der Waals surface area contributed by atoms with Crippen LogP contribution in [0.15, 0.2) is 72.7 Å². The molecule has 3 aromatic heterocycles. The van der Waals surface area contributed by atoms with Crippen LogP contribution in [-0.4, -0.2) is 134 Å². The van der Waals surface area contributed by atoms with Gasteiger partial charge in [0.1, 0.15) is 54.2 Å². The first-order valence-electron chi connectivity index (χ1n) is 18.8. The molecule has 1 amide bonds. The molecule has 0 radical (unpaired) electrons. The molecule has 9 N–H and O–H groups in total. The zero-order valence-corrected chi connectivity index (χ0v) is 34.6. The van der Waals surface area contributed by atoms with Crippen LogP contribution in [0.2, 0.25) is 0 Å². The van der Waals surface area contributed by atoms with Gasteiger partial charge in [-0.25, -0.2) is 33.7 Å². The van der Waals surface area contributed by atoms with E-state index in [9.17, 15) is 48.4 Å². The van der Waals surface area contributed by atoms with Crippen LogP contribution in [0.1, 0.15) is 37.3 Å². The van der Waals surface area contributed by atoms with Crippen molar-refractivity contribution in [1.29, 1.82) is 0 Å². The number of phosphoric ester groups is 2. The number of allylic oxidation sites excluding steroid dienone is 1. The number of likely N-dealkylation sites (N-methyl/N-ethyl adjacent to an activating group) is 1. The summed E-state index contributed by atoms with van der Waals surface area (Å²) >= 11 is 0. The van der Waals surface area contributed by atoms with Crippen LogP contribution < -0.4 is 17.2 Å². The predicted molar refractivity (Wildman–Crippen MR) is 212 cm³/mol. The number of esters is 1. The lowest BCUT2D eigenvalue weighted by Gasteiger charge is -2.30. The van der Waals surface area contributed by atoms with Gasteiger partial charge in [-0.05, 0) is 30.9 Å². The molecule has 2 aliphatic rings. The average molecular weight is 910 g/mol. The van der Waals surface area contributed by atoms with E-state index in [1.165, 1.54) is 28.9 Å². The minimum absolute atomic E-state index is 0.00441. The number of nitrogen functional groups attached to an aromatic ring is 2. The summed E-state index contributed by atoms with van der Waals surface area (Å²) < 4.78 is 59.8. The highest BCUT2D eigenvalue weighted by atomic mass is 31.2. The first-order valence-corrected chi connectivity index (χ1v) is 21.8. The van der Waals surface area contributed by atoms with E-state index in [1.807, 2.05) is 30.3 Å². The molecule has 4 aromatic rings. The number of aromatic nitrogens is 6. The Morgan fingerprint density at radius 3 is 2.31 bits per heavy atom. The SMILES string of the molecule is C=CCCC(=O)N(C)C(CCc1ccccc1)C(=O)O[C@H]1[C@@H](O)[C@H](n2cnc3c(N)ncnc32)O[C@H]1COP(=O)(O)O[C@H]1[C@@H](O)[C@H](n2ccc(N)nc2=O)O[C@@H]1COP(=O)(O)O. The Hall–Kier alpha value is -5.01. The first kappa shape index (κ1) is 46.5. The van der Waals surface area contributed by atoms with Crippen LogP contribution in [-0.2, 0) is 52.9 Å². The summed E-state index contributed by atoms with van der Waals surface area (Å²) in [5, 5.41) is 22.9. The minimum Gasteiger partial charge on any atom is -0.455 e. The summed E-state index contributed by atoms with van der Waals surface area (Å²) in [5.41, 5.74) is 11.6. The van der Waals surface area contributed by atoms with Gasteiger partial charge in [0.2, 0.25) is 5.91 Å². The highest BCUT2D eigenvalue weighted by Gasteiger charge is 2.52. The van der Waals surface area contributed by atoms with E-state index in [4.69, 9.17) is 34.7 Å². The fourth-order valence-electron chi connectivity index (χ4n) is 6.85. The molecule has 0 spiro atoms. The van der Waals surface area contributed by atoms with Gasteiger partial charge in [0.25, 0.3) is 0 Å². The number of carbonyl (C=O) groups is 2. The van der Waals surface area contributed by atoms with Crippen molar-refractivity contribution in [3.05, 3.63) is 84.0 Å². The standard InChI is InChI=1S/C35H45N9O16P2/c1-3-4-10-24(45)42(2)20(12-11-19-8-6-5-7-9-19)34(48)59-28-21(57-33(26(28)46)44-18-40-25-30(37)38-17-39-31(25)44)16-56-62(53,54)60-29-22(15-55-61(50,51)52)58-32(27(29)47)43-14-13-23(36)41-35(43)49/h3,5-9,13-14,17-18,20-22,26-29,32-33,46-47H,1,4,10-12,15-16H2,2H3,(H,53,54)(H2,36,41,49)(H2,37,38,39)(H2,50,51,52)/t20?,21-,22+,26+,27+,28+,29+,32+,33+/m0/s1. The molecule has 0 bridgehead atoms. The van der Waals surface area contributed by atoms with E-state index >= 15 is 0 Å². The number of aliphatic hydroxyl groups excluding tert-OH is 2. The van der Waals surface area contributed by atoms with Crippen molar-refractivity contribution in [3.8, 4) is 0 Å². The van der Waals surface area contributed by atoms with E-state index in [2.05, 4.69) is 31.0 Å². The van der Waals surface area contributed by atoms with Crippen LogP contribution in [0.4, 0.5) is 11.6 Å². The molecule has 27 heteroatoms. The predicted octanol–water partition coefficient (Wildman–Crippen LogP) is -0.286. The van der Waals surface area contributed by atoms with Crippen molar-refractivity contribution in [2.45, 2.75) is 80.8 Å². The molecule has 6 rings (SSSR count). The van der Waals surface area contributed by atoms with Crippen molar-refractivity contribution in [1.82, 2.24) is 34.0 Å². The van der Waals surface area contributed by atoms with E-state index < -0.39 is 102 Å². The Morgan fingerprint density at radius 2 is 1.63 bits per heavy atom. The second-order valence-corrected chi connectivity index (χ2v) is 16.8. The number of nitrogens with two attached hydrogens (primary N) is 2. The molecule has 0 aliphatic carbocycles. The summed E-state index contributed by atoms with van der Waals surface area (Å²) in [6.45, 7) is 1.67. The fourth-order valence-corrected chi connectivity index (χ4v) is 8.15. The second kappa shape index (κ2) is 19.6. The molecule has 25 nitrogen and oxygen atoms in total. The van der Waals surface area contributed by atoms with Crippen molar-refractivity contribution in [2.24, 2.45) is 0 Å². The van der Waals surface area contributed by atoms with Gasteiger partial charge in [-0.2, -0.15) is 4.98 Å². The minimum atomic E-state index is -5.41. The molecule has 62 heavy (non-hydrogen) atoms. The number of benzene rings is 1. The molecule has 2 unspecified atom stereocenters. The summed E-state index contributed by atoms with van der Waals surface area (Å²) in [5.74, 6) is -1.55. The highest BCUT2D eigenvalue weighted by Crippen LogP contribution is 2.50. The van der Waals surface area contributed by atoms with Gasteiger partial charge in [-0.3, -0.25) is 27.5 Å². The number of rotatable bonds is 19. The lowest BCUT2D eigenvalue weighted by atomic mass is 10.0. The maximum Gasteiger partial charge on any atom is 0.472 e. The Kier molecular flexibility index (Phi) is 14.7. The van der Waals surface area contributed by atoms with Gasteiger partial charge < -0.3 is 55.5 Å². The summed E-state index contributed by atoms with van der Waals surface area (Å²) in [6, 6.07) is 9.12. The molecule has 2 saturated heterocycles. The third kappa shape index (κ3) is 10.9. The van der Waals surface area contributed by atoms with Crippen molar-refractivity contribution < 1.29 is 71.4 Å². The second-order valence-electron chi connectivity index (χ2n) is 14.1. The number of ether oxygens (including phenoxy) is 3. The van der Waals surface area contributed by atoms with Gasteiger partial charge in [-0.15, -0.1) is 6.58 Å². The molecule has 1 aromatic carbocycles. The normalized spacial score (nSPS) is 25.3.